The normalized spacial score (nSPS) is 16.4. The molecule has 1 aromatic carbocycles. The number of rotatable bonds is 4. The maximum absolute atomic E-state index is 12.5. The summed E-state index contributed by atoms with van der Waals surface area (Å²) in [5, 5.41) is 11.3. The predicted molar refractivity (Wildman–Crippen MR) is 58.5 cm³/mol. The van der Waals surface area contributed by atoms with Crippen molar-refractivity contribution in [2.45, 2.75) is 24.8 Å². The minimum atomic E-state index is -2.66. The van der Waals surface area contributed by atoms with E-state index in [0.29, 0.717) is 12.8 Å². The summed E-state index contributed by atoms with van der Waals surface area (Å²) < 4.78 is 24.9. The summed E-state index contributed by atoms with van der Waals surface area (Å²) in [4.78, 5) is 22.7. The lowest BCUT2D eigenvalue weighted by molar-refractivity contribution is -0.140. The maximum Gasteiger partial charge on any atom is 0.329 e. The Labute approximate surface area is 102 Å². The molecule has 2 N–H and O–H groups in total. The van der Waals surface area contributed by atoms with E-state index < -0.39 is 23.8 Å². The molecule has 1 amide bonds. The molecule has 18 heavy (non-hydrogen) atoms. The number of halogens is 2. The number of benzene rings is 1. The van der Waals surface area contributed by atoms with Gasteiger partial charge in [0, 0.05) is 11.1 Å². The topological polar surface area (TPSA) is 66.4 Å². The molecule has 1 fully saturated rings. The average Bonchev–Trinajstić information content (AvgIpc) is 3.10. The first-order valence-corrected chi connectivity index (χ1v) is 5.39. The van der Waals surface area contributed by atoms with E-state index >= 15 is 0 Å². The van der Waals surface area contributed by atoms with Crippen LogP contribution in [0.4, 0.5) is 8.78 Å². The van der Waals surface area contributed by atoms with Crippen molar-refractivity contribution in [2.24, 2.45) is 0 Å². The zero-order valence-electron chi connectivity index (χ0n) is 9.32. The number of carbonyl (C=O) groups is 2. The molecule has 0 spiro atoms. The first-order chi connectivity index (χ1) is 8.44. The molecular formula is C12H11F2NO3. The van der Waals surface area contributed by atoms with Gasteiger partial charge in [-0.3, -0.25) is 4.79 Å². The van der Waals surface area contributed by atoms with E-state index in [4.69, 9.17) is 5.11 Å². The lowest BCUT2D eigenvalue weighted by atomic mass is 10.1. The smallest absolute Gasteiger partial charge is 0.329 e. The van der Waals surface area contributed by atoms with Gasteiger partial charge < -0.3 is 10.4 Å². The third kappa shape index (κ3) is 2.32. The summed E-state index contributed by atoms with van der Waals surface area (Å²) in [5.41, 5.74) is -1.43. The Bertz CT molecular complexity index is 498. The second kappa shape index (κ2) is 4.36. The Hall–Kier alpha value is -1.98. The summed E-state index contributed by atoms with van der Waals surface area (Å²) >= 11 is 0. The van der Waals surface area contributed by atoms with Crippen LogP contribution in [0.1, 0.15) is 35.2 Å². The highest BCUT2D eigenvalue weighted by Gasteiger charge is 2.51. The van der Waals surface area contributed by atoms with E-state index in [1.54, 1.807) is 0 Å². The van der Waals surface area contributed by atoms with Gasteiger partial charge in [-0.1, -0.05) is 12.1 Å². The summed E-state index contributed by atoms with van der Waals surface area (Å²) in [6.07, 6.45) is -1.93. The van der Waals surface area contributed by atoms with Crippen LogP contribution in [0.5, 0.6) is 0 Å². The molecule has 0 radical (unpaired) electrons. The molecule has 1 aliphatic rings. The van der Waals surface area contributed by atoms with Gasteiger partial charge in [0.05, 0.1) is 0 Å². The summed E-state index contributed by atoms with van der Waals surface area (Å²) in [5.74, 6) is -1.74. The average molecular weight is 255 g/mol. The van der Waals surface area contributed by atoms with Gasteiger partial charge in [0.2, 0.25) is 0 Å². The molecule has 0 heterocycles. The Morgan fingerprint density at radius 2 is 2.00 bits per heavy atom. The first kappa shape index (κ1) is 12.5. The van der Waals surface area contributed by atoms with E-state index in [1.807, 2.05) is 0 Å². The molecule has 1 aromatic rings. The highest BCUT2D eigenvalue weighted by molar-refractivity contribution is 5.99. The third-order valence-corrected chi connectivity index (χ3v) is 2.91. The number of carbonyl (C=O) groups excluding carboxylic acids is 1. The SMILES string of the molecule is O=C(NC1(C(=O)O)CC1)c1cccc(C(F)F)c1. The van der Waals surface area contributed by atoms with Crippen molar-refractivity contribution in [1.29, 1.82) is 0 Å². The van der Waals surface area contributed by atoms with Crippen LogP contribution in [-0.2, 0) is 4.79 Å². The molecular weight excluding hydrogens is 244 g/mol. The monoisotopic (exact) mass is 255 g/mol. The Balaban J connectivity index is 2.14. The lowest BCUT2D eigenvalue weighted by Crippen LogP contribution is -2.43. The summed E-state index contributed by atoms with van der Waals surface area (Å²) in [6, 6.07) is 5.00. The van der Waals surface area contributed by atoms with Gasteiger partial charge in [0.15, 0.2) is 0 Å². The zero-order chi connectivity index (χ0) is 13.3. The minimum absolute atomic E-state index is 0.0420. The molecule has 96 valence electrons. The first-order valence-electron chi connectivity index (χ1n) is 5.39. The van der Waals surface area contributed by atoms with Gasteiger partial charge in [-0.15, -0.1) is 0 Å². The van der Waals surface area contributed by atoms with Gasteiger partial charge in [0.25, 0.3) is 12.3 Å². The number of amides is 1. The van der Waals surface area contributed by atoms with Crippen molar-refractivity contribution in [3.05, 3.63) is 35.4 Å². The Morgan fingerprint density at radius 1 is 1.33 bits per heavy atom. The highest BCUT2D eigenvalue weighted by atomic mass is 19.3. The van der Waals surface area contributed by atoms with Crippen LogP contribution in [0.2, 0.25) is 0 Å². The molecule has 0 bridgehead atoms. The standard InChI is InChI=1S/C12H11F2NO3/c13-9(14)7-2-1-3-8(6-7)10(16)15-12(4-5-12)11(17)18/h1-3,6,9H,4-5H2,(H,15,16)(H,17,18). The number of aliphatic carboxylic acids is 1. The van der Waals surface area contributed by atoms with Crippen molar-refractivity contribution in [3.8, 4) is 0 Å². The van der Waals surface area contributed by atoms with Crippen LogP contribution in [0.25, 0.3) is 0 Å². The molecule has 6 heteroatoms. The largest absolute Gasteiger partial charge is 0.480 e. The summed E-state index contributed by atoms with van der Waals surface area (Å²) in [6.45, 7) is 0. The quantitative estimate of drug-likeness (QED) is 0.864. The number of alkyl halides is 2. The molecule has 0 aromatic heterocycles. The molecule has 0 saturated heterocycles. The van der Waals surface area contributed by atoms with Crippen LogP contribution < -0.4 is 5.32 Å². The zero-order valence-corrected chi connectivity index (χ0v) is 9.32. The number of carboxylic acid groups (broad SMARTS) is 1. The van der Waals surface area contributed by atoms with Gasteiger partial charge in [0.1, 0.15) is 5.54 Å². The van der Waals surface area contributed by atoms with E-state index in [1.165, 1.54) is 18.2 Å². The Morgan fingerprint density at radius 3 is 2.50 bits per heavy atom. The van der Waals surface area contributed by atoms with Crippen molar-refractivity contribution in [3.63, 3.8) is 0 Å². The second-order valence-corrected chi connectivity index (χ2v) is 4.27. The molecule has 1 aliphatic carbocycles. The lowest BCUT2D eigenvalue weighted by Gasteiger charge is -2.12. The number of carboxylic acids is 1. The van der Waals surface area contributed by atoms with Gasteiger partial charge in [-0.25, -0.2) is 13.6 Å². The number of nitrogens with one attached hydrogen (secondary N) is 1. The molecule has 4 nitrogen and oxygen atoms in total. The molecule has 2 rings (SSSR count). The fourth-order valence-corrected chi connectivity index (χ4v) is 1.62. The number of hydrogen-bond acceptors (Lipinski definition) is 2. The van der Waals surface area contributed by atoms with Crippen LogP contribution in [0.3, 0.4) is 0 Å². The third-order valence-electron chi connectivity index (χ3n) is 2.91. The van der Waals surface area contributed by atoms with Crippen molar-refractivity contribution >= 4 is 11.9 Å². The predicted octanol–water partition coefficient (Wildman–Crippen LogP) is 1.97. The van der Waals surface area contributed by atoms with Crippen LogP contribution in [0.15, 0.2) is 24.3 Å². The fraction of sp³-hybridized carbons (Fsp3) is 0.333. The van der Waals surface area contributed by atoms with E-state index in [-0.39, 0.29) is 11.1 Å². The Kier molecular flexibility index (Phi) is 3.02. The van der Waals surface area contributed by atoms with Gasteiger partial charge in [-0.05, 0) is 25.0 Å². The van der Waals surface area contributed by atoms with E-state index in [9.17, 15) is 18.4 Å². The van der Waals surface area contributed by atoms with Gasteiger partial charge >= 0.3 is 5.97 Å². The highest BCUT2D eigenvalue weighted by Crippen LogP contribution is 2.35. The molecule has 1 saturated carbocycles. The van der Waals surface area contributed by atoms with Crippen LogP contribution >= 0.6 is 0 Å². The fourth-order valence-electron chi connectivity index (χ4n) is 1.62. The van der Waals surface area contributed by atoms with E-state index in [2.05, 4.69) is 5.32 Å². The van der Waals surface area contributed by atoms with Crippen LogP contribution in [0, 0.1) is 0 Å². The van der Waals surface area contributed by atoms with Crippen molar-refractivity contribution in [1.82, 2.24) is 5.32 Å². The van der Waals surface area contributed by atoms with Crippen LogP contribution in [-0.4, -0.2) is 22.5 Å². The van der Waals surface area contributed by atoms with Gasteiger partial charge in [-0.2, -0.15) is 0 Å². The molecule has 0 unspecified atom stereocenters. The number of hydrogen-bond donors (Lipinski definition) is 2. The van der Waals surface area contributed by atoms with Crippen molar-refractivity contribution in [2.75, 3.05) is 0 Å². The minimum Gasteiger partial charge on any atom is -0.480 e. The van der Waals surface area contributed by atoms with E-state index in [0.717, 1.165) is 6.07 Å². The second-order valence-electron chi connectivity index (χ2n) is 4.27. The maximum atomic E-state index is 12.5. The summed E-state index contributed by atoms with van der Waals surface area (Å²) in [7, 11) is 0. The van der Waals surface area contributed by atoms with Crippen molar-refractivity contribution < 1.29 is 23.5 Å². The molecule has 0 aliphatic heterocycles. The molecule has 0 atom stereocenters.